The van der Waals surface area contributed by atoms with Crippen LogP contribution in [0, 0.1) is 0 Å². The number of hydrogen-bond acceptors (Lipinski definition) is 5. The number of nitrogens with zero attached hydrogens (tertiary/aromatic N) is 4. The molecule has 1 aliphatic rings. The molecule has 0 aliphatic carbocycles. The number of likely N-dealkylation sites (tertiary alicyclic amines) is 1. The van der Waals surface area contributed by atoms with Gasteiger partial charge in [0.1, 0.15) is 5.69 Å². The Morgan fingerprint density at radius 2 is 1.57 bits per heavy atom. The Labute approximate surface area is 216 Å². The van der Waals surface area contributed by atoms with Crippen LogP contribution in [0.15, 0.2) is 66.9 Å². The lowest BCUT2D eigenvalue weighted by atomic mass is 10.0. The Bertz CT molecular complexity index is 1260. The van der Waals surface area contributed by atoms with Crippen LogP contribution in [0.25, 0.3) is 22.4 Å². The van der Waals surface area contributed by atoms with Crippen LogP contribution in [0.1, 0.15) is 43.7 Å². The highest BCUT2D eigenvalue weighted by molar-refractivity contribution is 6.42. The predicted molar refractivity (Wildman–Crippen MR) is 145 cm³/mol. The van der Waals surface area contributed by atoms with E-state index in [0.29, 0.717) is 32.6 Å². The van der Waals surface area contributed by atoms with E-state index in [2.05, 4.69) is 45.5 Å². The van der Waals surface area contributed by atoms with Gasteiger partial charge in [-0.15, -0.1) is 0 Å². The lowest BCUT2D eigenvalue weighted by Gasteiger charge is -2.27. The van der Waals surface area contributed by atoms with E-state index in [9.17, 15) is 0 Å². The zero-order valence-corrected chi connectivity index (χ0v) is 21.1. The summed E-state index contributed by atoms with van der Waals surface area (Å²) in [4.78, 5) is 17.0. The van der Waals surface area contributed by atoms with Gasteiger partial charge in [0, 0.05) is 6.20 Å². The highest BCUT2D eigenvalue weighted by Crippen LogP contribution is 2.33. The maximum Gasteiger partial charge on any atom is 0.155 e. The van der Waals surface area contributed by atoms with Gasteiger partial charge in [-0.3, -0.25) is 4.98 Å². The average Bonchev–Trinajstić information content (AvgIpc) is 2.90. The van der Waals surface area contributed by atoms with Gasteiger partial charge >= 0.3 is 0 Å². The minimum Gasteiger partial charge on any atom is -0.361 e. The Hall–Kier alpha value is -2.73. The first-order valence-corrected chi connectivity index (χ1v) is 13.0. The standard InChI is InChI=1S/C28H29Cl2N5/c29-21-18-25-26(19-22(21)30)34-28(27(32-25)24-12-5-6-14-31-24)33-23(20-10-3-1-4-11-20)13-9-17-35-15-7-2-8-16-35/h1,3-6,10-12,14,18-19,23H,2,7-9,13,15-17H2,(H,33,34). The van der Waals surface area contributed by atoms with Crippen molar-refractivity contribution in [3.63, 3.8) is 0 Å². The summed E-state index contributed by atoms with van der Waals surface area (Å²) in [5, 5.41) is 4.64. The zero-order valence-electron chi connectivity index (χ0n) is 19.6. The summed E-state index contributed by atoms with van der Waals surface area (Å²) in [6, 6.07) is 20.0. The summed E-state index contributed by atoms with van der Waals surface area (Å²) < 4.78 is 0. The molecule has 180 valence electrons. The highest BCUT2D eigenvalue weighted by Gasteiger charge is 2.19. The lowest BCUT2D eigenvalue weighted by Crippen LogP contribution is -2.31. The van der Waals surface area contributed by atoms with E-state index in [4.69, 9.17) is 33.2 Å². The monoisotopic (exact) mass is 505 g/mol. The number of halogens is 2. The molecule has 2 aromatic heterocycles. The van der Waals surface area contributed by atoms with Crippen LogP contribution in [0.3, 0.4) is 0 Å². The van der Waals surface area contributed by atoms with Crippen LogP contribution < -0.4 is 5.32 Å². The second-order valence-electron chi connectivity index (χ2n) is 9.04. The van der Waals surface area contributed by atoms with Crippen molar-refractivity contribution < 1.29 is 0 Å². The van der Waals surface area contributed by atoms with Crippen molar-refractivity contribution in [2.75, 3.05) is 25.0 Å². The topological polar surface area (TPSA) is 53.9 Å². The second-order valence-corrected chi connectivity index (χ2v) is 9.86. The van der Waals surface area contributed by atoms with Crippen LogP contribution >= 0.6 is 23.2 Å². The van der Waals surface area contributed by atoms with Crippen molar-refractivity contribution in [2.45, 2.75) is 38.1 Å². The molecule has 1 fully saturated rings. The van der Waals surface area contributed by atoms with Gasteiger partial charge in [-0.2, -0.15) is 0 Å². The van der Waals surface area contributed by atoms with Gasteiger partial charge in [0.05, 0.1) is 32.8 Å². The van der Waals surface area contributed by atoms with E-state index in [1.807, 2.05) is 18.2 Å². The van der Waals surface area contributed by atoms with Crippen molar-refractivity contribution in [2.24, 2.45) is 0 Å². The lowest BCUT2D eigenvalue weighted by molar-refractivity contribution is 0.223. The molecule has 3 heterocycles. The third kappa shape index (κ3) is 5.92. The van der Waals surface area contributed by atoms with Gasteiger partial charge in [-0.1, -0.05) is 66.0 Å². The van der Waals surface area contributed by atoms with Gasteiger partial charge in [0.15, 0.2) is 5.82 Å². The SMILES string of the molecule is Clc1cc2nc(NC(CCCN3CCCCC3)c3ccccc3)c(-c3ccccn3)nc2cc1Cl. The molecule has 7 heteroatoms. The number of hydrogen-bond donors (Lipinski definition) is 1. The minimum atomic E-state index is 0.0953. The number of anilines is 1. The molecule has 1 N–H and O–H groups in total. The molecule has 5 rings (SSSR count). The molecule has 1 saturated heterocycles. The van der Waals surface area contributed by atoms with Gasteiger partial charge in [0.2, 0.25) is 0 Å². The van der Waals surface area contributed by atoms with Crippen molar-refractivity contribution in [1.29, 1.82) is 0 Å². The van der Waals surface area contributed by atoms with Crippen LogP contribution in [-0.2, 0) is 0 Å². The van der Waals surface area contributed by atoms with Gasteiger partial charge < -0.3 is 10.2 Å². The van der Waals surface area contributed by atoms with Crippen LogP contribution in [0.5, 0.6) is 0 Å². The number of rotatable bonds is 8. The average molecular weight is 506 g/mol. The largest absolute Gasteiger partial charge is 0.361 e. The van der Waals surface area contributed by atoms with Crippen molar-refractivity contribution >= 4 is 40.1 Å². The summed E-state index contributed by atoms with van der Waals surface area (Å²) in [5.41, 5.74) is 4.08. The summed E-state index contributed by atoms with van der Waals surface area (Å²) in [6.07, 6.45) is 7.85. The molecule has 5 nitrogen and oxygen atoms in total. The van der Waals surface area contributed by atoms with E-state index in [1.54, 1.807) is 18.3 Å². The van der Waals surface area contributed by atoms with E-state index in [0.717, 1.165) is 25.1 Å². The molecule has 0 bridgehead atoms. The van der Waals surface area contributed by atoms with E-state index < -0.39 is 0 Å². The van der Waals surface area contributed by atoms with E-state index >= 15 is 0 Å². The number of fused-ring (bicyclic) bond motifs is 1. The molecule has 0 spiro atoms. The summed E-state index contributed by atoms with van der Waals surface area (Å²) in [5.74, 6) is 0.696. The third-order valence-corrected chi connectivity index (χ3v) is 7.26. The van der Waals surface area contributed by atoms with Crippen molar-refractivity contribution in [1.82, 2.24) is 19.9 Å². The second kappa shape index (κ2) is 11.3. The Kier molecular flexibility index (Phi) is 7.77. The molecule has 0 radical (unpaired) electrons. The van der Waals surface area contributed by atoms with E-state index in [1.165, 1.54) is 37.9 Å². The van der Waals surface area contributed by atoms with Crippen molar-refractivity contribution in [3.8, 4) is 11.4 Å². The summed E-state index contributed by atoms with van der Waals surface area (Å²) >= 11 is 12.6. The number of piperidine rings is 1. The molecule has 2 aromatic carbocycles. The Morgan fingerprint density at radius 1 is 0.857 bits per heavy atom. The van der Waals surface area contributed by atoms with E-state index in [-0.39, 0.29) is 6.04 Å². The first-order valence-electron chi connectivity index (χ1n) is 12.3. The molecule has 1 atom stereocenters. The highest BCUT2D eigenvalue weighted by atomic mass is 35.5. The first kappa shape index (κ1) is 24.0. The predicted octanol–water partition coefficient (Wildman–Crippen LogP) is 7.42. The van der Waals surface area contributed by atoms with Gasteiger partial charge in [0.25, 0.3) is 0 Å². The molecule has 4 aromatic rings. The molecule has 0 saturated carbocycles. The van der Waals surface area contributed by atoms with Gasteiger partial charge in [-0.25, -0.2) is 9.97 Å². The molecule has 0 amide bonds. The normalized spacial score (nSPS) is 15.3. The first-order chi connectivity index (χ1) is 17.2. The summed E-state index contributed by atoms with van der Waals surface area (Å²) in [6.45, 7) is 3.55. The molecule has 35 heavy (non-hydrogen) atoms. The Morgan fingerprint density at radius 3 is 2.29 bits per heavy atom. The maximum atomic E-state index is 6.30. The fourth-order valence-electron chi connectivity index (χ4n) is 4.71. The number of pyridine rings is 1. The van der Waals surface area contributed by atoms with Crippen LogP contribution in [0.2, 0.25) is 10.0 Å². The number of benzene rings is 2. The molecule has 1 unspecified atom stereocenters. The number of aromatic nitrogens is 3. The molecule has 1 aliphatic heterocycles. The Balaban J connectivity index is 1.48. The van der Waals surface area contributed by atoms with Crippen LogP contribution in [0.4, 0.5) is 5.82 Å². The fraction of sp³-hybridized carbons (Fsp3) is 0.321. The smallest absolute Gasteiger partial charge is 0.155 e. The maximum absolute atomic E-state index is 6.30. The number of nitrogens with one attached hydrogen (secondary N) is 1. The quantitative estimate of drug-likeness (QED) is 0.270. The van der Waals surface area contributed by atoms with Crippen molar-refractivity contribution in [3.05, 3.63) is 82.5 Å². The third-order valence-electron chi connectivity index (χ3n) is 6.54. The zero-order chi connectivity index (χ0) is 24.0. The molecular weight excluding hydrogens is 477 g/mol. The summed E-state index contributed by atoms with van der Waals surface area (Å²) in [7, 11) is 0. The fourth-order valence-corrected chi connectivity index (χ4v) is 5.02. The minimum absolute atomic E-state index is 0.0953. The van der Waals surface area contributed by atoms with Gasteiger partial charge in [-0.05, 0) is 75.1 Å². The molecular formula is C28H29Cl2N5. The van der Waals surface area contributed by atoms with Crippen LogP contribution in [-0.4, -0.2) is 39.5 Å².